The number of hydrogen-bond donors (Lipinski definition) is 2. The van der Waals surface area contributed by atoms with Crippen molar-refractivity contribution in [3.05, 3.63) is 63.2 Å². The Morgan fingerprint density at radius 3 is 2.32 bits per heavy atom. The van der Waals surface area contributed by atoms with Crippen LogP contribution in [0.15, 0.2) is 41.3 Å². The molecule has 0 radical (unpaired) electrons. The van der Waals surface area contributed by atoms with Crippen LogP contribution in [0, 0.1) is 5.82 Å². The summed E-state index contributed by atoms with van der Waals surface area (Å²) in [6.07, 6.45) is 1.27. The van der Waals surface area contributed by atoms with Gasteiger partial charge in [0.25, 0.3) is 0 Å². The van der Waals surface area contributed by atoms with Crippen LogP contribution in [-0.2, 0) is 4.74 Å². The van der Waals surface area contributed by atoms with Crippen molar-refractivity contribution in [3.8, 4) is 5.69 Å². The average Bonchev–Trinajstić information content (AvgIpc) is 2.86. The van der Waals surface area contributed by atoms with Crippen molar-refractivity contribution in [2.45, 2.75) is 0 Å². The molecular formula is C24H24ClFN4O4. The van der Waals surface area contributed by atoms with Crippen molar-refractivity contribution < 1.29 is 19.0 Å². The third-order valence-electron chi connectivity index (χ3n) is 6.32. The number of morpholine rings is 1. The van der Waals surface area contributed by atoms with Crippen molar-refractivity contribution in [1.82, 2.24) is 9.88 Å². The molecule has 3 heterocycles. The number of aromatic carboxylic acids is 1. The summed E-state index contributed by atoms with van der Waals surface area (Å²) in [7, 11) is 0. The number of carboxylic acids is 1. The zero-order valence-electron chi connectivity index (χ0n) is 18.4. The van der Waals surface area contributed by atoms with Crippen molar-refractivity contribution >= 4 is 39.8 Å². The molecule has 0 amide bonds. The van der Waals surface area contributed by atoms with E-state index in [1.165, 1.54) is 6.20 Å². The molecule has 34 heavy (non-hydrogen) atoms. The minimum Gasteiger partial charge on any atom is -0.477 e. The van der Waals surface area contributed by atoms with E-state index in [-0.39, 0.29) is 21.6 Å². The quantitative estimate of drug-likeness (QED) is 0.586. The topological polar surface area (TPSA) is 87.0 Å². The number of piperazine rings is 1. The van der Waals surface area contributed by atoms with Crippen molar-refractivity contribution in [2.24, 2.45) is 0 Å². The molecule has 5 rings (SSSR count). The molecule has 0 bridgehead atoms. The number of nitrogens with zero attached hydrogens (tertiary/aromatic N) is 3. The normalized spacial score (nSPS) is 16.8. The third kappa shape index (κ3) is 4.00. The molecule has 0 saturated carbocycles. The summed E-state index contributed by atoms with van der Waals surface area (Å²) >= 11 is 6.76. The van der Waals surface area contributed by atoms with E-state index in [1.54, 1.807) is 4.57 Å². The van der Waals surface area contributed by atoms with Gasteiger partial charge in [0, 0.05) is 56.8 Å². The number of nitrogens with one attached hydrogen (secondary N) is 1. The first-order valence-electron chi connectivity index (χ1n) is 11.1. The Hall–Kier alpha value is -3.14. The Morgan fingerprint density at radius 1 is 1.03 bits per heavy atom. The Balaban J connectivity index is 1.70. The zero-order chi connectivity index (χ0) is 23.8. The molecule has 0 unspecified atom stereocenters. The van der Waals surface area contributed by atoms with E-state index in [9.17, 15) is 14.7 Å². The maximum atomic E-state index is 15.2. The van der Waals surface area contributed by atoms with Crippen LogP contribution in [0.3, 0.4) is 0 Å². The fourth-order valence-electron chi connectivity index (χ4n) is 4.58. The fraction of sp³-hybridized carbons (Fsp3) is 0.333. The standard InChI is InChI=1S/C24H24ClFN4O4/c25-20-21-17(13-19(26)22(20)29-7-5-27-6-8-29)23(31)18(24(32)33)14-30(21)16-3-1-15(2-4-16)28-9-11-34-12-10-28/h1-4,13-14,27H,5-12H2,(H,32,33). The largest absolute Gasteiger partial charge is 0.477 e. The number of fused-ring (bicyclic) bond motifs is 1. The Bertz CT molecular complexity index is 1300. The number of aromatic nitrogens is 1. The highest BCUT2D eigenvalue weighted by molar-refractivity contribution is 6.38. The van der Waals surface area contributed by atoms with Gasteiger partial charge in [-0.05, 0) is 30.3 Å². The Kier molecular flexibility index (Phi) is 6.16. The second-order valence-electron chi connectivity index (χ2n) is 8.32. The molecule has 178 valence electrons. The van der Waals surface area contributed by atoms with Gasteiger partial charge < -0.3 is 29.5 Å². The zero-order valence-corrected chi connectivity index (χ0v) is 19.1. The van der Waals surface area contributed by atoms with E-state index >= 15 is 4.39 Å². The van der Waals surface area contributed by atoms with Crippen molar-refractivity contribution in [1.29, 1.82) is 0 Å². The van der Waals surface area contributed by atoms with E-state index in [1.807, 2.05) is 29.2 Å². The summed E-state index contributed by atoms with van der Waals surface area (Å²) in [4.78, 5) is 28.8. The van der Waals surface area contributed by atoms with Crippen LogP contribution >= 0.6 is 11.6 Å². The lowest BCUT2D eigenvalue weighted by atomic mass is 10.1. The molecule has 2 saturated heterocycles. The first kappa shape index (κ1) is 22.6. The minimum absolute atomic E-state index is 0.0708. The Morgan fingerprint density at radius 2 is 1.68 bits per heavy atom. The number of benzene rings is 2. The molecule has 2 aliphatic heterocycles. The lowest BCUT2D eigenvalue weighted by Gasteiger charge is -2.31. The number of carboxylic acid groups (broad SMARTS) is 1. The lowest BCUT2D eigenvalue weighted by molar-refractivity contribution is 0.0695. The van der Waals surface area contributed by atoms with Crippen LogP contribution in [0.4, 0.5) is 15.8 Å². The molecule has 2 N–H and O–H groups in total. The monoisotopic (exact) mass is 486 g/mol. The Labute approximate surface area is 200 Å². The highest BCUT2D eigenvalue weighted by atomic mass is 35.5. The highest BCUT2D eigenvalue weighted by Gasteiger charge is 2.25. The van der Waals surface area contributed by atoms with Gasteiger partial charge in [-0.3, -0.25) is 4.79 Å². The smallest absolute Gasteiger partial charge is 0.341 e. The van der Waals surface area contributed by atoms with Gasteiger partial charge in [-0.2, -0.15) is 0 Å². The summed E-state index contributed by atoms with van der Waals surface area (Å²) in [6.45, 7) is 5.37. The summed E-state index contributed by atoms with van der Waals surface area (Å²) in [5.41, 5.74) is 0.910. The van der Waals surface area contributed by atoms with Gasteiger partial charge in [-0.15, -0.1) is 0 Å². The van der Waals surface area contributed by atoms with Crippen LogP contribution in [0.1, 0.15) is 10.4 Å². The summed E-state index contributed by atoms with van der Waals surface area (Å²) < 4.78 is 22.2. The van der Waals surface area contributed by atoms with Crippen LogP contribution in [0.2, 0.25) is 5.02 Å². The second-order valence-corrected chi connectivity index (χ2v) is 8.70. The molecule has 1 aromatic heterocycles. The predicted molar refractivity (Wildman–Crippen MR) is 130 cm³/mol. The molecule has 0 aliphatic carbocycles. The number of rotatable bonds is 4. The molecule has 0 spiro atoms. The van der Waals surface area contributed by atoms with E-state index < -0.39 is 22.8 Å². The summed E-state index contributed by atoms with van der Waals surface area (Å²) in [5, 5.41) is 12.9. The summed E-state index contributed by atoms with van der Waals surface area (Å²) in [5.74, 6) is -2.03. The molecule has 2 aromatic carbocycles. The number of pyridine rings is 1. The molecule has 8 nitrogen and oxygen atoms in total. The van der Waals surface area contributed by atoms with Gasteiger partial charge in [-0.25, -0.2) is 9.18 Å². The number of anilines is 2. The average molecular weight is 487 g/mol. The molecule has 2 aliphatic rings. The molecule has 0 atom stereocenters. The predicted octanol–water partition coefficient (Wildman–Crippen LogP) is 2.73. The first-order valence-corrected chi connectivity index (χ1v) is 11.5. The van der Waals surface area contributed by atoms with Crippen LogP contribution in [-0.4, -0.2) is 68.1 Å². The van der Waals surface area contributed by atoms with Gasteiger partial charge in [0.2, 0.25) is 5.43 Å². The molecular weight excluding hydrogens is 463 g/mol. The van der Waals surface area contributed by atoms with Gasteiger partial charge in [0.1, 0.15) is 11.4 Å². The maximum Gasteiger partial charge on any atom is 0.341 e. The number of halogens is 2. The van der Waals surface area contributed by atoms with Crippen molar-refractivity contribution in [3.63, 3.8) is 0 Å². The highest BCUT2D eigenvalue weighted by Crippen LogP contribution is 2.37. The van der Waals surface area contributed by atoms with E-state index in [4.69, 9.17) is 16.3 Å². The van der Waals surface area contributed by atoms with Crippen molar-refractivity contribution in [2.75, 3.05) is 62.3 Å². The first-order chi connectivity index (χ1) is 16.5. The number of carbonyl (C=O) groups is 1. The van der Waals surface area contributed by atoms with Gasteiger partial charge in [-0.1, -0.05) is 11.6 Å². The SMILES string of the molecule is O=C(O)c1cn(-c2ccc(N3CCOCC3)cc2)c2c(Cl)c(N3CCNCC3)c(F)cc2c1=O. The molecule has 2 fully saturated rings. The molecule has 3 aromatic rings. The van der Waals surface area contributed by atoms with E-state index in [2.05, 4.69) is 10.2 Å². The van der Waals surface area contributed by atoms with Gasteiger partial charge >= 0.3 is 5.97 Å². The third-order valence-corrected chi connectivity index (χ3v) is 6.68. The minimum atomic E-state index is -1.38. The fourth-order valence-corrected chi connectivity index (χ4v) is 4.99. The maximum absolute atomic E-state index is 15.2. The van der Waals surface area contributed by atoms with E-state index in [0.29, 0.717) is 45.1 Å². The van der Waals surface area contributed by atoms with Crippen LogP contribution in [0.25, 0.3) is 16.6 Å². The van der Waals surface area contributed by atoms with Gasteiger partial charge in [0.05, 0.1) is 34.8 Å². The number of ether oxygens (including phenoxy) is 1. The van der Waals surface area contributed by atoms with E-state index in [0.717, 1.165) is 24.8 Å². The number of hydrogen-bond acceptors (Lipinski definition) is 6. The van der Waals surface area contributed by atoms with Gasteiger partial charge in [0.15, 0.2) is 0 Å². The summed E-state index contributed by atoms with van der Waals surface area (Å²) in [6, 6.07) is 8.64. The molecule has 10 heteroatoms. The second kappa shape index (κ2) is 9.25. The van der Waals surface area contributed by atoms with Crippen LogP contribution < -0.4 is 20.5 Å². The lowest BCUT2D eigenvalue weighted by Crippen LogP contribution is -2.44. The van der Waals surface area contributed by atoms with Crippen LogP contribution in [0.5, 0.6) is 0 Å².